The quantitative estimate of drug-likeness (QED) is 0.403. The zero-order valence-electron chi connectivity index (χ0n) is 12.9. The number of hydrogen-bond acceptors (Lipinski definition) is 3. The van der Waals surface area contributed by atoms with Gasteiger partial charge in [0.15, 0.2) is 0 Å². The summed E-state index contributed by atoms with van der Waals surface area (Å²) in [5, 5.41) is 9.23. The van der Waals surface area contributed by atoms with E-state index >= 15 is 0 Å². The van der Waals surface area contributed by atoms with Crippen LogP contribution in [-0.2, 0) is 14.1 Å². The zero-order valence-corrected chi connectivity index (χ0v) is 13.8. The second-order valence-corrected chi connectivity index (χ2v) is 7.00. The van der Waals surface area contributed by atoms with Crippen molar-refractivity contribution in [1.82, 2.24) is 0 Å². The molecule has 0 atom stereocenters. The molecule has 6 nitrogen and oxygen atoms in total. The maximum absolute atomic E-state index is 11.3. The van der Waals surface area contributed by atoms with Crippen LogP contribution in [0.15, 0.2) is 17.7 Å². The summed E-state index contributed by atoms with van der Waals surface area (Å²) < 4.78 is 15.8. The summed E-state index contributed by atoms with van der Waals surface area (Å²) >= 11 is 0. The molecule has 0 spiro atoms. The van der Waals surface area contributed by atoms with Crippen LogP contribution in [0, 0.1) is 20.8 Å². The van der Waals surface area contributed by atoms with E-state index in [2.05, 4.69) is 0 Å². The van der Waals surface area contributed by atoms with Gasteiger partial charge in [-0.2, -0.15) is 0 Å². The molecule has 0 heterocycles. The third-order valence-electron chi connectivity index (χ3n) is 3.12. The zero-order chi connectivity index (χ0) is 16.9. The van der Waals surface area contributed by atoms with Gasteiger partial charge in [0.2, 0.25) is 0 Å². The minimum atomic E-state index is -4.13. The van der Waals surface area contributed by atoms with E-state index in [1.165, 1.54) is 0 Å². The number of carboxylic acid groups (broad SMARTS) is 1. The first-order valence-electron chi connectivity index (χ1n) is 6.74. The molecule has 0 amide bonds. The smallest absolute Gasteiger partial charge is 0.333 e. The van der Waals surface area contributed by atoms with Crippen LogP contribution < -0.4 is 0 Å². The number of aryl methyl sites for hydroxylation is 3. The van der Waals surface area contributed by atoms with Crippen molar-refractivity contribution < 1.29 is 29.0 Å². The summed E-state index contributed by atoms with van der Waals surface area (Å²) in [5.74, 6) is -1.12. The number of benzene rings is 1. The molecule has 22 heavy (non-hydrogen) atoms. The molecule has 3 N–H and O–H groups in total. The standard InChI is InChI=1S/C15H21O6P/c1-10-6-11(2)14(12(3)7-10)8-13(15(16)17)9-21-4-5-22(18,19)20/h6-8H,4-5,9H2,1-3H3,(H,16,17)(H2,18,19,20). The van der Waals surface area contributed by atoms with E-state index in [1.807, 2.05) is 32.9 Å². The van der Waals surface area contributed by atoms with E-state index in [4.69, 9.17) is 14.5 Å². The lowest BCUT2D eigenvalue weighted by Gasteiger charge is -2.10. The first kappa shape index (κ1) is 18.6. The van der Waals surface area contributed by atoms with Crippen LogP contribution in [0.5, 0.6) is 0 Å². The van der Waals surface area contributed by atoms with Crippen LogP contribution in [0.25, 0.3) is 6.08 Å². The van der Waals surface area contributed by atoms with Gasteiger partial charge in [-0.25, -0.2) is 4.79 Å². The van der Waals surface area contributed by atoms with E-state index in [9.17, 15) is 14.5 Å². The molecular weight excluding hydrogens is 307 g/mol. The first-order valence-corrected chi connectivity index (χ1v) is 8.54. The number of carbonyl (C=O) groups is 1. The Morgan fingerprint density at radius 3 is 2.23 bits per heavy atom. The van der Waals surface area contributed by atoms with E-state index in [0.717, 1.165) is 22.3 Å². The second-order valence-electron chi connectivity index (χ2n) is 5.23. The summed E-state index contributed by atoms with van der Waals surface area (Å²) in [5.41, 5.74) is 3.89. The van der Waals surface area contributed by atoms with Gasteiger partial charge in [0.25, 0.3) is 0 Å². The molecule has 7 heteroatoms. The molecule has 0 saturated heterocycles. The molecule has 0 fully saturated rings. The Labute approximate surface area is 129 Å². The lowest BCUT2D eigenvalue weighted by atomic mass is 9.98. The van der Waals surface area contributed by atoms with Crippen molar-refractivity contribution >= 4 is 19.6 Å². The van der Waals surface area contributed by atoms with Crippen molar-refractivity contribution in [3.05, 3.63) is 40.0 Å². The fraction of sp³-hybridized carbons (Fsp3) is 0.400. The highest BCUT2D eigenvalue weighted by molar-refractivity contribution is 7.51. The third-order valence-corrected chi connectivity index (χ3v) is 3.88. The first-order chi connectivity index (χ1) is 10.1. The number of aliphatic carboxylic acids is 1. The van der Waals surface area contributed by atoms with Gasteiger partial charge in [-0.3, -0.25) is 4.57 Å². The average Bonchev–Trinajstić information content (AvgIpc) is 2.34. The van der Waals surface area contributed by atoms with Crippen molar-refractivity contribution in [2.45, 2.75) is 20.8 Å². The van der Waals surface area contributed by atoms with Crippen molar-refractivity contribution in [2.75, 3.05) is 19.4 Å². The molecule has 0 radical (unpaired) electrons. The number of hydrogen-bond donors (Lipinski definition) is 3. The van der Waals surface area contributed by atoms with E-state index < -0.39 is 19.7 Å². The van der Waals surface area contributed by atoms with Gasteiger partial charge in [-0.15, -0.1) is 0 Å². The Morgan fingerprint density at radius 1 is 1.23 bits per heavy atom. The van der Waals surface area contributed by atoms with E-state index in [0.29, 0.717) is 0 Å². The van der Waals surface area contributed by atoms with Crippen molar-refractivity contribution in [1.29, 1.82) is 0 Å². The predicted molar refractivity (Wildman–Crippen MR) is 84.0 cm³/mol. The number of rotatable bonds is 7. The molecule has 0 aliphatic rings. The van der Waals surface area contributed by atoms with Gasteiger partial charge in [-0.1, -0.05) is 17.7 Å². The third kappa shape index (κ3) is 6.12. The molecular formula is C15H21O6P. The molecule has 0 aromatic heterocycles. The molecule has 0 aliphatic heterocycles. The van der Waals surface area contributed by atoms with Crippen LogP contribution >= 0.6 is 7.60 Å². The summed E-state index contributed by atoms with van der Waals surface area (Å²) in [6.45, 7) is 5.37. The molecule has 1 aromatic rings. The molecule has 122 valence electrons. The van der Waals surface area contributed by atoms with Gasteiger partial charge in [-0.05, 0) is 43.5 Å². The Bertz CT molecular complexity index is 606. The van der Waals surface area contributed by atoms with Gasteiger partial charge in [0.1, 0.15) is 0 Å². The fourth-order valence-electron chi connectivity index (χ4n) is 2.12. The normalized spacial score (nSPS) is 12.5. The minimum absolute atomic E-state index is 0.0424. The highest BCUT2D eigenvalue weighted by Crippen LogP contribution is 2.33. The molecule has 0 saturated carbocycles. The van der Waals surface area contributed by atoms with E-state index in [-0.39, 0.29) is 18.8 Å². The predicted octanol–water partition coefficient (Wildman–Crippen LogP) is 2.27. The average molecular weight is 328 g/mol. The fourth-order valence-corrected chi connectivity index (χ4v) is 2.49. The summed E-state index contributed by atoms with van der Waals surface area (Å²) in [4.78, 5) is 28.7. The summed E-state index contributed by atoms with van der Waals surface area (Å²) in [6, 6.07) is 3.93. The highest BCUT2D eigenvalue weighted by atomic mass is 31.2. The van der Waals surface area contributed by atoms with Crippen LogP contribution in [-0.4, -0.2) is 40.2 Å². The highest BCUT2D eigenvalue weighted by Gasteiger charge is 2.14. The molecule has 0 bridgehead atoms. The van der Waals surface area contributed by atoms with Gasteiger partial charge < -0.3 is 19.6 Å². The van der Waals surface area contributed by atoms with Crippen LogP contribution in [0.2, 0.25) is 0 Å². The Hall–Kier alpha value is -1.46. The Kier molecular flexibility index (Phi) is 6.50. The lowest BCUT2D eigenvalue weighted by molar-refractivity contribution is -0.133. The number of ether oxygens (including phenoxy) is 1. The van der Waals surface area contributed by atoms with E-state index in [1.54, 1.807) is 6.08 Å². The summed E-state index contributed by atoms with van der Waals surface area (Å²) in [6.07, 6.45) is 1.12. The lowest BCUT2D eigenvalue weighted by Crippen LogP contribution is -2.11. The minimum Gasteiger partial charge on any atom is -0.478 e. The second kappa shape index (κ2) is 7.70. The van der Waals surface area contributed by atoms with Crippen LogP contribution in [0.1, 0.15) is 22.3 Å². The SMILES string of the molecule is Cc1cc(C)c(C=C(COCCP(=O)(O)O)C(=O)O)c(C)c1. The number of carboxylic acids is 1. The monoisotopic (exact) mass is 328 g/mol. The van der Waals surface area contributed by atoms with Crippen molar-refractivity contribution in [3.63, 3.8) is 0 Å². The maximum atomic E-state index is 11.3. The Balaban J connectivity index is 2.88. The topological polar surface area (TPSA) is 104 Å². The largest absolute Gasteiger partial charge is 0.478 e. The maximum Gasteiger partial charge on any atom is 0.333 e. The molecule has 0 unspecified atom stereocenters. The van der Waals surface area contributed by atoms with Gasteiger partial charge >= 0.3 is 13.6 Å². The Morgan fingerprint density at radius 2 is 1.77 bits per heavy atom. The molecule has 1 rings (SSSR count). The molecule has 0 aliphatic carbocycles. The van der Waals surface area contributed by atoms with Crippen LogP contribution in [0.3, 0.4) is 0 Å². The van der Waals surface area contributed by atoms with Gasteiger partial charge in [0, 0.05) is 0 Å². The van der Waals surface area contributed by atoms with Crippen LogP contribution in [0.4, 0.5) is 0 Å². The molecule has 1 aromatic carbocycles. The van der Waals surface area contributed by atoms with Crippen molar-refractivity contribution in [3.8, 4) is 0 Å². The van der Waals surface area contributed by atoms with Gasteiger partial charge in [0.05, 0.1) is 24.9 Å². The summed E-state index contributed by atoms with van der Waals surface area (Å²) in [7, 11) is -4.13. The van der Waals surface area contributed by atoms with Crippen molar-refractivity contribution in [2.24, 2.45) is 0 Å².